The highest BCUT2D eigenvalue weighted by Crippen LogP contribution is 2.23. The number of carbonyl (C=O) groups excluding carboxylic acids is 1. The highest BCUT2D eigenvalue weighted by atomic mass is 32.1. The molecule has 88 valence electrons. The van der Waals surface area contributed by atoms with E-state index in [2.05, 4.69) is 0 Å². The van der Waals surface area contributed by atoms with Crippen molar-refractivity contribution in [1.29, 1.82) is 0 Å². The van der Waals surface area contributed by atoms with Crippen molar-refractivity contribution in [3.8, 4) is 0 Å². The number of thiophene rings is 1. The molecule has 5 heteroatoms. The van der Waals surface area contributed by atoms with Gasteiger partial charge in [-0.15, -0.1) is 11.3 Å². The molecule has 2 rings (SSSR count). The van der Waals surface area contributed by atoms with Crippen LogP contribution in [-0.4, -0.2) is 5.78 Å². The maximum atomic E-state index is 13.4. The van der Waals surface area contributed by atoms with Gasteiger partial charge in [0, 0.05) is 22.6 Å². The van der Waals surface area contributed by atoms with Gasteiger partial charge in [0.05, 0.1) is 5.56 Å². The Kier molecular flexibility index (Phi) is 3.02. The minimum absolute atomic E-state index is 0.236. The molecule has 0 aliphatic carbocycles. The zero-order valence-electron chi connectivity index (χ0n) is 8.76. The van der Waals surface area contributed by atoms with Crippen LogP contribution in [0.1, 0.15) is 20.8 Å². The normalized spacial score (nSPS) is 10.6. The summed E-state index contributed by atoms with van der Waals surface area (Å²) in [6.45, 7) is 1.68. The molecule has 0 amide bonds. The molecule has 0 atom stereocenters. The minimum Gasteiger partial charge on any atom is -0.288 e. The quantitative estimate of drug-likeness (QED) is 0.749. The van der Waals surface area contributed by atoms with Gasteiger partial charge in [-0.25, -0.2) is 13.2 Å². The highest BCUT2D eigenvalue weighted by Gasteiger charge is 2.21. The molecule has 1 aromatic heterocycles. The first-order valence-corrected chi connectivity index (χ1v) is 5.62. The monoisotopic (exact) mass is 256 g/mol. The maximum absolute atomic E-state index is 13.4. The summed E-state index contributed by atoms with van der Waals surface area (Å²) in [7, 11) is 0. The number of benzene rings is 1. The van der Waals surface area contributed by atoms with Crippen LogP contribution < -0.4 is 0 Å². The van der Waals surface area contributed by atoms with Crippen molar-refractivity contribution in [2.75, 3.05) is 0 Å². The first kappa shape index (κ1) is 11.9. The number of ketones is 1. The second kappa shape index (κ2) is 4.33. The average molecular weight is 256 g/mol. The molecule has 17 heavy (non-hydrogen) atoms. The van der Waals surface area contributed by atoms with Gasteiger partial charge in [0.1, 0.15) is 17.5 Å². The van der Waals surface area contributed by atoms with Crippen molar-refractivity contribution < 1.29 is 18.0 Å². The van der Waals surface area contributed by atoms with E-state index < -0.39 is 28.8 Å². The second-order valence-corrected chi connectivity index (χ2v) is 4.58. The smallest absolute Gasteiger partial charge is 0.200 e. The third kappa shape index (κ3) is 2.10. The standard InChI is InChI=1S/C12H7F3OS/c1-6-8(2-3-17-6)12(16)11-9(14)4-7(13)5-10(11)15/h2-5H,1H3. The number of hydrogen-bond donors (Lipinski definition) is 0. The van der Waals surface area contributed by atoms with Crippen molar-refractivity contribution >= 4 is 17.1 Å². The maximum Gasteiger partial charge on any atom is 0.200 e. The van der Waals surface area contributed by atoms with Crippen molar-refractivity contribution in [2.24, 2.45) is 0 Å². The van der Waals surface area contributed by atoms with E-state index in [9.17, 15) is 18.0 Å². The predicted molar refractivity (Wildman–Crippen MR) is 58.8 cm³/mol. The summed E-state index contributed by atoms with van der Waals surface area (Å²) in [5, 5.41) is 1.65. The number of aryl methyl sites for hydroxylation is 1. The Balaban J connectivity index is 2.56. The fraction of sp³-hybridized carbons (Fsp3) is 0.0833. The van der Waals surface area contributed by atoms with Crippen LogP contribution in [0.15, 0.2) is 23.6 Å². The SMILES string of the molecule is Cc1sccc1C(=O)c1c(F)cc(F)cc1F. The largest absolute Gasteiger partial charge is 0.288 e. The molecule has 1 heterocycles. The van der Waals surface area contributed by atoms with Gasteiger partial charge in [-0.1, -0.05) is 0 Å². The van der Waals surface area contributed by atoms with Gasteiger partial charge in [0.15, 0.2) is 5.78 Å². The van der Waals surface area contributed by atoms with E-state index in [-0.39, 0.29) is 5.56 Å². The molecule has 0 aliphatic rings. The van der Waals surface area contributed by atoms with Crippen LogP contribution >= 0.6 is 11.3 Å². The van der Waals surface area contributed by atoms with Crippen LogP contribution in [0.5, 0.6) is 0 Å². The third-order valence-corrected chi connectivity index (χ3v) is 3.18. The Bertz CT molecular complexity index is 566. The molecule has 0 N–H and O–H groups in total. The van der Waals surface area contributed by atoms with Gasteiger partial charge in [0.25, 0.3) is 0 Å². The minimum atomic E-state index is -1.18. The van der Waals surface area contributed by atoms with E-state index in [1.165, 1.54) is 17.4 Å². The molecule has 0 aliphatic heterocycles. The summed E-state index contributed by atoms with van der Waals surface area (Å²) in [6.07, 6.45) is 0. The fourth-order valence-electron chi connectivity index (χ4n) is 1.51. The van der Waals surface area contributed by atoms with Crippen LogP contribution in [0.3, 0.4) is 0 Å². The van der Waals surface area contributed by atoms with Crippen LogP contribution in [0.2, 0.25) is 0 Å². The molecule has 1 nitrogen and oxygen atoms in total. The van der Waals surface area contributed by atoms with Gasteiger partial charge in [-0.3, -0.25) is 4.79 Å². The Morgan fingerprint density at radius 2 is 1.76 bits per heavy atom. The molecule has 1 aromatic carbocycles. The van der Waals surface area contributed by atoms with E-state index in [1.807, 2.05) is 0 Å². The van der Waals surface area contributed by atoms with Crippen LogP contribution in [0.25, 0.3) is 0 Å². The molecular weight excluding hydrogens is 249 g/mol. The topological polar surface area (TPSA) is 17.1 Å². The number of halogens is 3. The van der Waals surface area contributed by atoms with Gasteiger partial charge < -0.3 is 0 Å². The summed E-state index contributed by atoms with van der Waals surface area (Å²) in [4.78, 5) is 12.6. The first-order chi connectivity index (χ1) is 8.00. The summed E-state index contributed by atoms with van der Waals surface area (Å²) in [5.74, 6) is -4.17. The van der Waals surface area contributed by atoms with Gasteiger partial charge in [0.2, 0.25) is 0 Å². The predicted octanol–water partition coefficient (Wildman–Crippen LogP) is 3.70. The second-order valence-electron chi connectivity index (χ2n) is 3.46. The van der Waals surface area contributed by atoms with Crippen LogP contribution in [-0.2, 0) is 0 Å². The van der Waals surface area contributed by atoms with Crippen molar-refractivity contribution in [3.05, 3.63) is 57.0 Å². The summed E-state index contributed by atoms with van der Waals surface area (Å²) >= 11 is 1.30. The number of carbonyl (C=O) groups is 1. The van der Waals surface area contributed by atoms with E-state index in [4.69, 9.17) is 0 Å². The van der Waals surface area contributed by atoms with Gasteiger partial charge >= 0.3 is 0 Å². The molecule has 0 saturated carbocycles. The molecule has 0 fully saturated rings. The average Bonchev–Trinajstić information content (AvgIpc) is 2.62. The Hall–Kier alpha value is -1.62. The highest BCUT2D eigenvalue weighted by molar-refractivity contribution is 7.10. The third-order valence-electron chi connectivity index (χ3n) is 2.34. The van der Waals surface area contributed by atoms with Crippen molar-refractivity contribution in [1.82, 2.24) is 0 Å². The zero-order valence-corrected chi connectivity index (χ0v) is 9.58. The fourth-order valence-corrected chi connectivity index (χ4v) is 2.21. The molecule has 0 spiro atoms. The van der Waals surface area contributed by atoms with E-state index in [0.29, 0.717) is 17.0 Å². The van der Waals surface area contributed by atoms with Gasteiger partial charge in [-0.05, 0) is 18.4 Å². The summed E-state index contributed by atoms with van der Waals surface area (Å²) < 4.78 is 39.5. The molecule has 0 bridgehead atoms. The lowest BCUT2D eigenvalue weighted by molar-refractivity contribution is 0.103. The summed E-state index contributed by atoms with van der Waals surface area (Å²) in [5.41, 5.74) is -0.479. The molecule has 0 saturated heterocycles. The lowest BCUT2D eigenvalue weighted by atomic mass is 10.0. The zero-order chi connectivity index (χ0) is 12.6. The van der Waals surface area contributed by atoms with Crippen LogP contribution in [0, 0.1) is 24.4 Å². The number of rotatable bonds is 2. The van der Waals surface area contributed by atoms with Crippen LogP contribution in [0.4, 0.5) is 13.2 Å². The summed E-state index contributed by atoms with van der Waals surface area (Å²) in [6, 6.07) is 2.49. The lowest BCUT2D eigenvalue weighted by Crippen LogP contribution is -2.08. The van der Waals surface area contributed by atoms with E-state index in [1.54, 1.807) is 12.3 Å². The molecular formula is C12H7F3OS. The number of hydrogen-bond acceptors (Lipinski definition) is 2. The Labute approximate surface area is 99.5 Å². The Morgan fingerprint density at radius 1 is 1.18 bits per heavy atom. The van der Waals surface area contributed by atoms with Crippen molar-refractivity contribution in [3.63, 3.8) is 0 Å². The van der Waals surface area contributed by atoms with Crippen molar-refractivity contribution in [2.45, 2.75) is 6.92 Å². The van der Waals surface area contributed by atoms with Gasteiger partial charge in [-0.2, -0.15) is 0 Å². The molecule has 0 radical (unpaired) electrons. The molecule has 0 unspecified atom stereocenters. The van der Waals surface area contributed by atoms with E-state index in [0.717, 1.165) is 0 Å². The first-order valence-electron chi connectivity index (χ1n) is 4.74. The molecule has 2 aromatic rings. The van der Waals surface area contributed by atoms with E-state index >= 15 is 0 Å². The Morgan fingerprint density at radius 3 is 2.24 bits per heavy atom. The lowest BCUT2D eigenvalue weighted by Gasteiger charge is -2.04.